The third-order valence-electron chi connectivity index (χ3n) is 4.61. The number of rotatable bonds is 6. The van der Waals surface area contributed by atoms with Crippen molar-refractivity contribution in [1.82, 2.24) is 5.32 Å². The molecule has 3 rings (SSSR count). The van der Waals surface area contributed by atoms with Crippen molar-refractivity contribution in [2.45, 2.75) is 38.0 Å². The van der Waals surface area contributed by atoms with Crippen LogP contribution in [-0.2, 0) is 11.2 Å². The van der Waals surface area contributed by atoms with Crippen molar-refractivity contribution in [2.75, 3.05) is 6.54 Å². The topological polar surface area (TPSA) is 42.2 Å². The molecule has 1 saturated carbocycles. The number of halogens is 1. The van der Waals surface area contributed by atoms with Crippen molar-refractivity contribution in [2.24, 2.45) is 5.92 Å². The van der Waals surface area contributed by atoms with Crippen LogP contribution in [0.4, 0.5) is 4.39 Å². The average Bonchev–Trinajstić information content (AvgIpc) is 3.25. The van der Waals surface area contributed by atoms with Crippen LogP contribution in [0.15, 0.2) is 47.1 Å². The lowest BCUT2D eigenvalue weighted by atomic mass is 9.93. The molecule has 1 N–H and O–H groups in total. The SMILES string of the molecule is O=C(NCC1CCCC1)C(Cc1ccco1)c1ccc(F)cc1. The Labute approximate surface area is 135 Å². The number of nitrogens with one attached hydrogen (secondary N) is 1. The van der Waals surface area contributed by atoms with Gasteiger partial charge in [0, 0.05) is 13.0 Å². The molecule has 122 valence electrons. The molecule has 1 aromatic carbocycles. The van der Waals surface area contributed by atoms with Gasteiger partial charge in [-0.1, -0.05) is 25.0 Å². The second kappa shape index (κ2) is 7.44. The van der Waals surface area contributed by atoms with Gasteiger partial charge in [0.25, 0.3) is 0 Å². The highest BCUT2D eigenvalue weighted by Gasteiger charge is 2.24. The van der Waals surface area contributed by atoms with Gasteiger partial charge in [0.2, 0.25) is 5.91 Å². The van der Waals surface area contributed by atoms with E-state index in [1.54, 1.807) is 18.4 Å². The summed E-state index contributed by atoms with van der Waals surface area (Å²) in [6.45, 7) is 0.731. The van der Waals surface area contributed by atoms with E-state index in [4.69, 9.17) is 4.42 Å². The summed E-state index contributed by atoms with van der Waals surface area (Å²) in [5.74, 6) is 0.687. The summed E-state index contributed by atoms with van der Waals surface area (Å²) in [6.07, 6.45) is 6.99. The predicted molar refractivity (Wildman–Crippen MR) is 86.5 cm³/mol. The molecule has 1 heterocycles. The van der Waals surface area contributed by atoms with Crippen molar-refractivity contribution in [3.05, 3.63) is 59.8 Å². The molecule has 1 atom stereocenters. The number of benzene rings is 1. The van der Waals surface area contributed by atoms with Crippen LogP contribution in [-0.4, -0.2) is 12.5 Å². The monoisotopic (exact) mass is 315 g/mol. The summed E-state index contributed by atoms with van der Waals surface area (Å²) in [5.41, 5.74) is 0.812. The number of hydrogen-bond acceptors (Lipinski definition) is 2. The summed E-state index contributed by atoms with van der Waals surface area (Å²) < 4.78 is 18.5. The highest BCUT2D eigenvalue weighted by molar-refractivity contribution is 5.83. The fourth-order valence-electron chi connectivity index (χ4n) is 3.27. The molecule has 2 aromatic rings. The second-order valence-corrected chi connectivity index (χ2v) is 6.28. The lowest BCUT2D eigenvalue weighted by molar-refractivity contribution is -0.122. The lowest BCUT2D eigenvalue weighted by Crippen LogP contribution is -2.33. The standard InChI is InChI=1S/C19H22FNO2/c20-16-9-7-15(8-10-16)18(12-17-6-3-11-23-17)19(22)21-13-14-4-1-2-5-14/h3,6-11,14,18H,1-2,4-5,12-13H2,(H,21,22). The molecule has 0 bridgehead atoms. The van der Waals surface area contributed by atoms with Gasteiger partial charge < -0.3 is 9.73 Å². The fourth-order valence-corrected chi connectivity index (χ4v) is 3.27. The number of furan rings is 1. The third-order valence-corrected chi connectivity index (χ3v) is 4.61. The summed E-state index contributed by atoms with van der Waals surface area (Å²) >= 11 is 0. The maximum Gasteiger partial charge on any atom is 0.228 e. The van der Waals surface area contributed by atoms with E-state index in [9.17, 15) is 9.18 Å². The molecule has 1 unspecified atom stereocenters. The number of hydrogen-bond donors (Lipinski definition) is 1. The largest absolute Gasteiger partial charge is 0.469 e. The van der Waals surface area contributed by atoms with Crippen molar-refractivity contribution < 1.29 is 13.6 Å². The molecule has 1 aliphatic carbocycles. The van der Waals surface area contributed by atoms with E-state index in [1.807, 2.05) is 12.1 Å². The molecular formula is C19H22FNO2. The summed E-state index contributed by atoms with van der Waals surface area (Å²) in [4.78, 5) is 12.7. The summed E-state index contributed by atoms with van der Waals surface area (Å²) in [7, 11) is 0. The van der Waals surface area contributed by atoms with E-state index in [0.717, 1.165) is 17.9 Å². The van der Waals surface area contributed by atoms with E-state index < -0.39 is 0 Å². The van der Waals surface area contributed by atoms with Crippen LogP contribution in [0.2, 0.25) is 0 Å². The van der Waals surface area contributed by atoms with Crippen molar-refractivity contribution in [3.8, 4) is 0 Å². The molecule has 0 spiro atoms. The van der Waals surface area contributed by atoms with Crippen molar-refractivity contribution in [3.63, 3.8) is 0 Å². The Hall–Kier alpha value is -2.10. The Morgan fingerprint density at radius 1 is 1.22 bits per heavy atom. The van der Waals surface area contributed by atoms with Gasteiger partial charge in [-0.25, -0.2) is 4.39 Å². The first-order chi connectivity index (χ1) is 11.2. The van der Waals surface area contributed by atoms with Gasteiger partial charge >= 0.3 is 0 Å². The maximum absolute atomic E-state index is 13.2. The first kappa shape index (κ1) is 15.8. The Morgan fingerprint density at radius 2 is 1.96 bits per heavy atom. The molecule has 1 amide bonds. The molecule has 0 radical (unpaired) electrons. The van der Waals surface area contributed by atoms with Crippen LogP contribution in [0.5, 0.6) is 0 Å². The Morgan fingerprint density at radius 3 is 2.61 bits per heavy atom. The van der Waals surface area contributed by atoms with Gasteiger partial charge in [-0.05, 0) is 48.6 Å². The molecule has 23 heavy (non-hydrogen) atoms. The van der Waals surface area contributed by atoms with E-state index in [2.05, 4.69) is 5.32 Å². The van der Waals surface area contributed by atoms with Gasteiger partial charge in [0.1, 0.15) is 11.6 Å². The van der Waals surface area contributed by atoms with Gasteiger partial charge in [-0.3, -0.25) is 4.79 Å². The van der Waals surface area contributed by atoms with Gasteiger partial charge in [0.15, 0.2) is 0 Å². The minimum Gasteiger partial charge on any atom is -0.469 e. The van der Waals surface area contributed by atoms with E-state index >= 15 is 0 Å². The highest BCUT2D eigenvalue weighted by atomic mass is 19.1. The molecule has 0 aliphatic heterocycles. The second-order valence-electron chi connectivity index (χ2n) is 6.28. The molecule has 4 heteroatoms. The number of carbonyl (C=O) groups excluding carboxylic acids is 1. The van der Waals surface area contributed by atoms with E-state index in [-0.39, 0.29) is 17.6 Å². The predicted octanol–water partition coefficient (Wildman–Crippen LogP) is 4.05. The smallest absolute Gasteiger partial charge is 0.228 e. The number of amides is 1. The van der Waals surface area contributed by atoms with Crippen LogP contribution in [0.1, 0.15) is 42.9 Å². The molecule has 3 nitrogen and oxygen atoms in total. The van der Waals surface area contributed by atoms with Crippen LogP contribution in [0.3, 0.4) is 0 Å². The van der Waals surface area contributed by atoms with Crippen LogP contribution < -0.4 is 5.32 Å². The van der Waals surface area contributed by atoms with Gasteiger partial charge in [-0.2, -0.15) is 0 Å². The summed E-state index contributed by atoms with van der Waals surface area (Å²) in [6, 6.07) is 9.83. The average molecular weight is 315 g/mol. The van der Waals surface area contributed by atoms with Crippen LogP contribution in [0.25, 0.3) is 0 Å². The molecule has 0 saturated heterocycles. The van der Waals surface area contributed by atoms with E-state index in [1.165, 1.54) is 37.8 Å². The zero-order valence-electron chi connectivity index (χ0n) is 13.1. The quantitative estimate of drug-likeness (QED) is 0.874. The normalized spacial score (nSPS) is 16.4. The molecular weight excluding hydrogens is 293 g/mol. The van der Waals surface area contributed by atoms with Crippen molar-refractivity contribution >= 4 is 5.91 Å². The number of carbonyl (C=O) groups is 1. The molecule has 1 fully saturated rings. The zero-order valence-corrected chi connectivity index (χ0v) is 13.1. The minimum absolute atomic E-state index is 0.0140. The van der Waals surface area contributed by atoms with Gasteiger partial charge in [0.05, 0.1) is 12.2 Å². The fraction of sp³-hybridized carbons (Fsp3) is 0.421. The Bertz CT molecular complexity index is 615. The minimum atomic E-state index is -0.358. The first-order valence-electron chi connectivity index (χ1n) is 8.28. The maximum atomic E-state index is 13.2. The lowest BCUT2D eigenvalue weighted by Gasteiger charge is -2.18. The van der Waals surface area contributed by atoms with Gasteiger partial charge in [-0.15, -0.1) is 0 Å². The Balaban J connectivity index is 1.70. The highest BCUT2D eigenvalue weighted by Crippen LogP contribution is 2.25. The van der Waals surface area contributed by atoms with E-state index in [0.29, 0.717) is 12.3 Å². The van der Waals surface area contributed by atoms with Crippen LogP contribution in [0, 0.1) is 11.7 Å². The third kappa shape index (κ3) is 4.21. The van der Waals surface area contributed by atoms with Crippen molar-refractivity contribution in [1.29, 1.82) is 0 Å². The van der Waals surface area contributed by atoms with Crippen LogP contribution >= 0.6 is 0 Å². The molecule has 1 aromatic heterocycles. The summed E-state index contributed by atoms with van der Waals surface area (Å²) in [5, 5.41) is 3.08. The zero-order chi connectivity index (χ0) is 16.1. The molecule has 1 aliphatic rings. The Kier molecular flexibility index (Phi) is 5.11. The first-order valence-corrected chi connectivity index (χ1v) is 8.28.